The number of anilines is 1. The van der Waals surface area contributed by atoms with Gasteiger partial charge in [0.2, 0.25) is 0 Å². The van der Waals surface area contributed by atoms with Gasteiger partial charge in [-0.05, 0) is 43.7 Å². The smallest absolute Gasteiger partial charge is 0.295 e. The van der Waals surface area contributed by atoms with Crippen molar-refractivity contribution in [1.82, 2.24) is 9.88 Å². The Hall–Kier alpha value is -3.14. The van der Waals surface area contributed by atoms with Crippen LogP contribution in [0, 0.1) is 0 Å². The maximum absolute atomic E-state index is 13.8. The second-order valence-corrected chi connectivity index (χ2v) is 9.32. The van der Waals surface area contributed by atoms with Gasteiger partial charge in [0, 0.05) is 31.6 Å². The Bertz CT molecular complexity index is 1310. The summed E-state index contributed by atoms with van der Waals surface area (Å²) in [4.78, 5) is 22.6. The summed E-state index contributed by atoms with van der Waals surface area (Å²) in [5.41, 5.74) is 1.42. The van der Waals surface area contributed by atoms with E-state index in [1.54, 1.807) is 18.1 Å². The average molecular weight is 496 g/mol. The zero-order chi connectivity index (χ0) is 24.2. The van der Waals surface area contributed by atoms with Gasteiger partial charge in [0.05, 0.1) is 37.1 Å². The van der Waals surface area contributed by atoms with Gasteiger partial charge in [0.25, 0.3) is 5.91 Å². The molecule has 1 aliphatic rings. The van der Waals surface area contributed by atoms with Gasteiger partial charge in [-0.1, -0.05) is 23.5 Å². The summed E-state index contributed by atoms with van der Waals surface area (Å²) in [6.45, 7) is 7.20. The number of fused-ring (bicyclic) bond motifs is 2. The van der Waals surface area contributed by atoms with Crippen LogP contribution in [0.3, 0.4) is 0 Å². The van der Waals surface area contributed by atoms with Crippen molar-refractivity contribution in [2.45, 2.75) is 13.3 Å². The molecule has 1 fully saturated rings. The third-order valence-corrected chi connectivity index (χ3v) is 7.08. The lowest BCUT2D eigenvalue weighted by atomic mass is 10.2. The number of furan rings is 1. The number of thiazole rings is 1. The molecule has 1 aliphatic heterocycles. The molecule has 0 radical (unpaired) electrons. The van der Waals surface area contributed by atoms with E-state index in [0.29, 0.717) is 29.6 Å². The quantitative estimate of drug-likeness (QED) is 0.329. The lowest BCUT2D eigenvalue weighted by Gasteiger charge is -2.27. The number of amides is 1. The molecular weight excluding hydrogens is 466 g/mol. The van der Waals surface area contributed by atoms with Crippen molar-refractivity contribution in [2.75, 3.05) is 58.0 Å². The molecule has 0 atom stereocenters. The molecule has 2 aromatic heterocycles. The monoisotopic (exact) mass is 495 g/mol. The van der Waals surface area contributed by atoms with Crippen molar-refractivity contribution in [3.63, 3.8) is 0 Å². The van der Waals surface area contributed by atoms with E-state index in [1.807, 2.05) is 43.3 Å². The number of hydrogen-bond acceptors (Lipinski definition) is 8. The standard InChI is InChI=1S/C26H29N3O5S/c1-3-33-21-7-4-6-18-16-22(34-24(18)21)25(30)29(11-5-10-28-12-14-32-15-13-28)26-27-20-9-8-19(31-2)17-23(20)35-26/h4,6-9,16-17H,3,5,10-15H2,1-2H3. The first-order valence-corrected chi connectivity index (χ1v) is 12.7. The zero-order valence-electron chi connectivity index (χ0n) is 20.0. The lowest BCUT2D eigenvalue weighted by Crippen LogP contribution is -2.39. The van der Waals surface area contributed by atoms with E-state index in [-0.39, 0.29) is 11.7 Å². The molecule has 1 amide bonds. The van der Waals surface area contributed by atoms with Gasteiger partial charge in [-0.2, -0.15) is 0 Å². The number of morpholine rings is 1. The maximum Gasteiger partial charge on any atom is 0.295 e. The second-order valence-electron chi connectivity index (χ2n) is 8.31. The minimum atomic E-state index is -0.211. The van der Waals surface area contributed by atoms with E-state index in [4.69, 9.17) is 23.6 Å². The lowest BCUT2D eigenvalue weighted by molar-refractivity contribution is 0.0376. The first-order valence-electron chi connectivity index (χ1n) is 11.9. The summed E-state index contributed by atoms with van der Waals surface area (Å²) < 4.78 is 23.5. The van der Waals surface area contributed by atoms with Gasteiger partial charge >= 0.3 is 0 Å². The number of rotatable bonds is 9. The second kappa shape index (κ2) is 10.6. The van der Waals surface area contributed by atoms with E-state index in [1.165, 1.54) is 11.3 Å². The molecular formula is C26H29N3O5S. The Kier molecular flexibility index (Phi) is 7.17. The molecule has 0 spiro atoms. The van der Waals surface area contributed by atoms with Crippen molar-refractivity contribution in [2.24, 2.45) is 0 Å². The van der Waals surface area contributed by atoms with Gasteiger partial charge < -0.3 is 18.6 Å². The van der Waals surface area contributed by atoms with Crippen LogP contribution < -0.4 is 14.4 Å². The molecule has 35 heavy (non-hydrogen) atoms. The summed E-state index contributed by atoms with van der Waals surface area (Å²) in [7, 11) is 1.64. The molecule has 0 unspecified atom stereocenters. The number of hydrogen-bond donors (Lipinski definition) is 0. The predicted molar refractivity (Wildman–Crippen MR) is 137 cm³/mol. The molecule has 3 heterocycles. The van der Waals surface area contributed by atoms with Crippen molar-refractivity contribution in [3.8, 4) is 11.5 Å². The number of methoxy groups -OCH3 is 1. The van der Waals surface area contributed by atoms with Crippen molar-refractivity contribution in [1.29, 1.82) is 0 Å². The van der Waals surface area contributed by atoms with Gasteiger partial charge in [0.15, 0.2) is 22.2 Å². The Morgan fingerprint density at radius 2 is 2.06 bits per heavy atom. The fourth-order valence-corrected chi connectivity index (χ4v) is 5.26. The van der Waals surface area contributed by atoms with Gasteiger partial charge in [-0.25, -0.2) is 4.98 Å². The Labute approximate surface area is 208 Å². The van der Waals surface area contributed by atoms with E-state index in [9.17, 15) is 4.79 Å². The van der Waals surface area contributed by atoms with Gasteiger partial charge in [0.1, 0.15) is 5.75 Å². The number of para-hydroxylation sites is 1. The molecule has 0 N–H and O–H groups in total. The number of aromatic nitrogens is 1. The molecule has 184 valence electrons. The Morgan fingerprint density at radius 1 is 1.20 bits per heavy atom. The van der Waals surface area contributed by atoms with Crippen LogP contribution in [0.25, 0.3) is 21.2 Å². The normalized spacial score (nSPS) is 14.5. The number of benzene rings is 2. The number of carbonyl (C=O) groups is 1. The predicted octanol–water partition coefficient (Wildman–Crippen LogP) is 4.82. The van der Waals surface area contributed by atoms with Gasteiger partial charge in [-0.3, -0.25) is 14.6 Å². The minimum Gasteiger partial charge on any atom is -0.497 e. The van der Waals surface area contributed by atoms with Crippen LogP contribution in [0.1, 0.15) is 23.9 Å². The summed E-state index contributed by atoms with van der Waals surface area (Å²) in [6.07, 6.45) is 0.815. The van der Waals surface area contributed by atoms with Crippen molar-refractivity contribution in [3.05, 3.63) is 48.2 Å². The highest BCUT2D eigenvalue weighted by Crippen LogP contribution is 2.34. The summed E-state index contributed by atoms with van der Waals surface area (Å²) >= 11 is 1.48. The van der Waals surface area contributed by atoms with E-state index >= 15 is 0 Å². The van der Waals surface area contributed by atoms with Crippen LogP contribution in [0.5, 0.6) is 11.5 Å². The van der Waals surface area contributed by atoms with Crippen LogP contribution in [0.15, 0.2) is 46.9 Å². The highest BCUT2D eigenvalue weighted by atomic mass is 32.1. The molecule has 9 heteroatoms. The first kappa shape index (κ1) is 23.6. The first-order chi connectivity index (χ1) is 17.2. The molecule has 4 aromatic rings. The highest BCUT2D eigenvalue weighted by molar-refractivity contribution is 7.22. The van der Waals surface area contributed by atoms with Crippen LogP contribution in [-0.2, 0) is 4.74 Å². The topological polar surface area (TPSA) is 77.3 Å². The Morgan fingerprint density at radius 3 is 2.86 bits per heavy atom. The van der Waals surface area contributed by atoms with Crippen LogP contribution in [0.4, 0.5) is 5.13 Å². The molecule has 0 saturated carbocycles. The number of nitrogens with zero attached hydrogens (tertiary/aromatic N) is 3. The third-order valence-electron chi connectivity index (χ3n) is 6.04. The molecule has 5 rings (SSSR count). The minimum absolute atomic E-state index is 0.211. The van der Waals surface area contributed by atoms with E-state index in [0.717, 1.165) is 60.6 Å². The number of ether oxygens (including phenoxy) is 3. The molecule has 0 aliphatic carbocycles. The third kappa shape index (κ3) is 5.12. The van der Waals surface area contributed by atoms with Crippen molar-refractivity contribution >= 4 is 43.6 Å². The zero-order valence-corrected chi connectivity index (χ0v) is 20.8. The maximum atomic E-state index is 13.8. The fourth-order valence-electron chi connectivity index (χ4n) is 4.24. The van der Waals surface area contributed by atoms with Crippen molar-refractivity contribution < 1.29 is 23.4 Å². The van der Waals surface area contributed by atoms with Gasteiger partial charge in [-0.15, -0.1) is 0 Å². The van der Waals surface area contributed by atoms with Crippen LogP contribution in [-0.4, -0.2) is 68.9 Å². The average Bonchev–Trinajstić information content (AvgIpc) is 3.51. The fraction of sp³-hybridized carbons (Fsp3) is 0.385. The highest BCUT2D eigenvalue weighted by Gasteiger charge is 2.25. The molecule has 0 bridgehead atoms. The summed E-state index contributed by atoms with van der Waals surface area (Å²) in [5.74, 6) is 1.46. The molecule has 8 nitrogen and oxygen atoms in total. The molecule has 1 saturated heterocycles. The number of carbonyl (C=O) groups excluding carboxylic acids is 1. The SMILES string of the molecule is CCOc1cccc2cc(C(=O)N(CCCN3CCOCC3)c3nc4ccc(OC)cc4s3)oc12. The summed E-state index contributed by atoms with van der Waals surface area (Å²) in [6, 6.07) is 13.2. The van der Waals surface area contributed by atoms with Crippen LogP contribution in [0.2, 0.25) is 0 Å². The van der Waals surface area contributed by atoms with E-state index < -0.39 is 0 Å². The summed E-state index contributed by atoms with van der Waals surface area (Å²) in [5, 5.41) is 1.48. The largest absolute Gasteiger partial charge is 0.497 e. The Balaban J connectivity index is 1.44. The van der Waals surface area contributed by atoms with E-state index in [2.05, 4.69) is 4.90 Å². The molecule has 2 aromatic carbocycles. The van der Waals surface area contributed by atoms with Crippen LogP contribution >= 0.6 is 11.3 Å².